The molecule has 4 atom stereocenters. The first-order valence-corrected chi connectivity index (χ1v) is 37.8. The van der Waals surface area contributed by atoms with E-state index >= 15 is 0 Å². The van der Waals surface area contributed by atoms with E-state index in [1.54, 1.807) is 36.4 Å². The normalized spacial score (nSPS) is 11.3. The molecular weight excluding hydrogens is 1710 g/mol. The zero-order chi connectivity index (χ0) is 93.2. The summed E-state index contributed by atoms with van der Waals surface area (Å²) in [7, 11) is 0. The minimum Gasteiger partial charge on any atom is -0.464 e. The second kappa shape index (κ2) is 71.7. The highest BCUT2D eigenvalue weighted by Crippen LogP contribution is 2.19. The topological polar surface area (TPSA) is 763 Å². The minimum absolute atomic E-state index is 0.00708. The molecule has 0 heterocycles. The van der Waals surface area contributed by atoms with Crippen LogP contribution in [0.1, 0.15) is 134 Å². The van der Waals surface area contributed by atoms with Gasteiger partial charge in [-0.05, 0) is 113 Å². The van der Waals surface area contributed by atoms with Gasteiger partial charge in [0, 0.05) is 38.5 Å². The smallest absolute Gasteiger partial charge is 0.464 e. The number of benzene rings is 2. The summed E-state index contributed by atoms with van der Waals surface area (Å²) < 4.78 is 55.3. The molecule has 0 radical (unpaired) electrons. The van der Waals surface area contributed by atoms with E-state index in [0.29, 0.717) is 75.3 Å². The van der Waals surface area contributed by atoms with Gasteiger partial charge >= 0.3 is 42.1 Å². The number of hydrogen-bond donors (Lipinski definition) is 3. The molecule has 0 aliphatic rings. The molecule has 0 aliphatic carbocycles. The van der Waals surface area contributed by atoms with Gasteiger partial charge in [-0.25, -0.2) is 24.0 Å². The Balaban J connectivity index is 0.00000185. The first-order valence-electron chi connectivity index (χ1n) is 37.8. The van der Waals surface area contributed by atoms with Crippen LogP contribution in [0.4, 0.5) is 9.59 Å². The van der Waals surface area contributed by atoms with Crippen molar-refractivity contribution in [1.82, 2.24) is 16.0 Å². The predicted molar refractivity (Wildman–Crippen MR) is 401 cm³/mol. The van der Waals surface area contributed by atoms with Crippen molar-refractivity contribution in [2.75, 3.05) is 132 Å². The number of unbranched alkanes of at least 4 members (excludes halogenated alkanes) is 8. The Hall–Kier alpha value is -14.0. The van der Waals surface area contributed by atoms with Crippen molar-refractivity contribution in [2.24, 2.45) is 0 Å². The summed E-state index contributed by atoms with van der Waals surface area (Å²) in [6, 6.07) is 8.67. The Labute approximate surface area is 706 Å². The van der Waals surface area contributed by atoms with Gasteiger partial charge in [0.15, 0.2) is 6.04 Å². The molecule has 4 unspecified atom stereocenters. The van der Waals surface area contributed by atoms with Crippen LogP contribution in [0.3, 0.4) is 0 Å². The number of nitrogens with zero attached hydrogens (tertiary/aromatic N) is 9. The molecule has 2 rings (SSSR count). The van der Waals surface area contributed by atoms with Crippen LogP contribution in [0.15, 0.2) is 48.5 Å². The quantitative estimate of drug-likeness (QED) is 0.0213. The maximum atomic E-state index is 12.9. The summed E-state index contributed by atoms with van der Waals surface area (Å²) in [6.45, 7) is -2.62. The number of amides is 3. The standard InChI is InChI=1S/C27H40N4O14.C21H28N4O14.C18H30N4O19/c32-25(11-5-3-9-19-43-30(37)38)28-24(27(34)41-17-7-1-2-8-18-42-29(35)36)21-22-13-15-23(16-14-22)45-26(33)12-6-4-10-20-44-31(39)40;26-19(5-3-13-37-24(31)32)22-18(21(28)35-11-1-2-12-36-23(29)30)15-16-7-9-17(10-8-16)39-20(27)6-4-14-38-25(33)34;1-14(41-18(25)37-10-4-34-7-13-40-22(30)31)15(16(23)35-8-2-32-5-11-38-20(26)27)19-17(24)36-9-3-33-6-12-39-21(28)29/h13-16,24H,1-12,17-21H2,(H,28,32);7-10,18H,1-6,11-15H2,(H,22,26);14-15H,2-13H2,1H3,(H,19,24). The maximum absolute atomic E-state index is 12.9. The van der Waals surface area contributed by atoms with Crippen molar-refractivity contribution < 1.29 is 185 Å². The van der Waals surface area contributed by atoms with Crippen molar-refractivity contribution in [3.63, 3.8) is 0 Å². The van der Waals surface area contributed by atoms with Gasteiger partial charge in [0.05, 0.1) is 92.5 Å². The summed E-state index contributed by atoms with van der Waals surface area (Å²) in [5.41, 5.74) is 1.22. The second-order valence-corrected chi connectivity index (χ2v) is 24.4. The average molecular weight is 1810 g/mol. The molecule has 59 nitrogen and oxygen atoms in total. The highest BCUT2D eigenvalue weighted by atomic mass is 17.0. The number of rotatable bonds is 73. The number of nitrogens with one attached hydrogen (secondary N) is 3. The van der Waals surface area contributed by atoms with Crippen molar-refractivity contribution >= 4 is 53.9 Å². The monoisotopic (exact) mass is 1810 g/mol. The van der Waals surface area contributed by atoms with Gasteiger partial charge in [0.2, 0.25) is 11.8 Å². The number of carbonyl (C=O) groups excluding carboxylic acids is 9. The van der Waals surface area contributed by atoms with E-state index in [1.165, 1.54) is 19.1 Å². The molecule has 2 aromatic carbocycles. The molecule has 704 valence electrons. The van der Waals surface area contributed by atoms with Crippen LogP contribution in [0.2, 0.25) is 0 Å². The van der Waals surface area contributed by atoms with Crippen LogP contribution in [0, 0.1) is 91.0 Å². The average Bonchev–Trinajstić information content (AvgIpc) is 0.882. The van der Waals surface area contributed by atoms with Crippen molar-refractivity contribution in [2.45, 2.75) is 160 Å². The predicted octanol–water partition coefficient (Wildman–Crippen LogP) is 3.44. The number of esters is 5. The fourth-order valence-electron chi connectivity index (χ4n) is 9.12. The molecule has 0 bridgehead atoms. The van der Waals surface area contributed by atoms with Crippen LogP contribution in [-0.4, -0.2) is 256 Å². The summed E-state index contributed by atoms with van der Waals surface area (Å²) in [5.74, 6) is -4.09. The summed E-state index contributed by atoms with van der Waals surface area (Å²) in [5, 5.41) is 89.9. The van der Waals surface area contributed by atoms with E-state index in [-0.39, 0.29) is 208 Å². The van der Waals surface area contributed by atoms with Crippen LogP contribution in [-0.2, 0) is 133 Å². The molecular formula is C66H98N12O47. The SMILES string of the molecule is CC(OC(=O)OCCOCCO[N+](=O)[O-])C(NC(=O)OCCOCCO[N+](=O)[O-])C(=O)OCCOCCO[N+](=O)[O-].O=C(CCCCCO[N+](=O)[O-])NC(Cc1ccc(OC(=O)CCCCCO[N+](=O)[O-])cc1)C(=O)OCCCCCCO[N+](=O)[O-].O=C(CCCO[N+](=O)[O-])NC(Cc1ccc(OC(=O)CCCO[N+](=O)[O-])cc1)C(=O)OCCCCO[N+](=O)[O-]. The van der Waals surface area contributed by atoms with E-state index < -0.39 is 124 Å². The van der Waals surface area contributed by atoms with Crippen molar-refractivity contribution in [3.8, 4) is 11.5 Å². The van der Waals surface area contributed by atoms with E-state index in [0.717, 1.165) is 0 Å². The van der Waals surface area contributed by atoms with Crippen LogP contribution in [0.5, 0.6) is 11.5 Å². The molecule has 3 N–H and O–H groups in total. The van der Waals surface area contributed by atoms with Crippen molar-refractivity contribution in [3.05, 3.63) is 151 Å². The molecule has 125 heavy (non-hydrogen) atoms. The van der Waals surface area contributed by atoms with E-state index in [4.69, 9.17) is 52.1 Å². The Morgan fingerprint density at radius 1 is 0.296 bits per heavy atom. The summed E-state index contributed by atoms with van der Waals surface area (Å²) in [4.78, 5) is 239. The van der Waals surface area contributed by atoms with Crippen LogP contribution in [0.25, 0.3) is 0 Å². The van der Waals surface area contributed by atoms with E-state index in [9.17, 15) is 134 Å². The first-order chi connectivity index (χ1) is 59.6. The lowest BCUT2D eigenvalue weighted by Gasteiger charge is -2.23. The van der Waals surface area contributed by atoms with Gasteiger partial charge in [-0.15, -0.1) is 91.0 Å². The fourth-order valence-corrected chi connectivity index (χ4v) is 9.12. The van der Waals surface area contributed by atoms with Crippen LogP contribution >= 0.6 is 0 Å². The van der Waals surface area contributed by atoms with Gasteiger partial charge < -0.3 is 112 Å². The zero-order valence-corrected chi connectivity index (χ0v) is 67.4. The lowest BCUT2D eigenvalue weighted by Crippen LogP contribution is -2.50. The molecule has 0 fully saturated rings. The maximum Gasteiger partial charge on any atom is 0.508 e. The fraction of sp³-hybridized carbons (Fsp3) is 0.682. The Kier molecular flexibility index (Phi) is 63.6. The summed E-state index contributed by atoms with van der Waals surface area (Å²) in [6.07, 6.45) is 2.04. The molecule has 0 saturated heterocycles. The van der Waals surface area contributed by atoms with Gasteiger partial charge in [0.25, 0.3) is 45.8 Å². The number of hydrogen-bond acceptors (Lipinski definition) is 47. The second-order valence-electron chi connectivity index (χ2n) is 24.4. The van der Waals surface area contributed by atoms with Crippen LogP contribution < -0.4 is 25.4 Å². The van der Waals surface area contributed by atoms with E-state index in [1.807, 2.05) is 0 Å². The third-order valence-corrected chi connectivity index (χ3v) is 14.8. The summed E-state index contributed by atoms with van der Waals surface area (Å²) >= 11 is 0. The number of carbonyl (C=O) groups is 9. The first kappa shape index (κ1) is 111. The molecule has 0 spiro atoms. The third-order valence-electron chi connectivity index (χ3n) is 14.8. The molecule has 59 heteroatoms. The molecule has 3 amide bonds. The minimum atomic E-state index is -1.60. The molecule has 0 aliphatic heterocycles. The third kappa shape index (κ3) is 69.3. The molecule has 2 aromatic rings. The Morgan fingerprint density at radius 2 is 0.576 bits per heavy atom. The molecule has 0 saturated carbocycles. The Bertz CT molecular complexity index is 3570. The largest absolute Gasteiger partial charge is 0.508 e. The van der Waals surface area contributed by atoms with Gasteiger partial charge in [-0.2, -0.15) is 0 Å². The lowest BCUT2D eigenvalue weighted by atomic mass is 10.1. The van der Waals surface area contributed by atoms with Gasteiger partial charge in [0.1, 0.15) is 69.3 Å². The van der Waals surface area contributed by atoms with Crippen molar-refractivity contribution in [1.29, 1.82) is 0 Å². The van der Waals surface area contributed by atoms with Gasteiger partial charge in [-0.3, -0.25) is 19.2 Å². The highest BCUT2D eigenvalue weighted by molar-refractivity contribution is 5.86. The number of alkyl carbamates (subject to hydrolysis) is 1. The Morgan fingerprint density at radius 3 is 0.960 bits per heavy atom. The molecule has 0 aromatic heterocycles. The van der Waals surface area contributed by atoms with Gasteiger partial charge in [-0.1, -0.05) is 43.5 Å². The number of ether oxygens (including phenoxy) is 11. The zero-order valence-electron chi connectivity index (χ0n) is 67.4. The lowest BCUT2D eigenvalue weighted by molar-refractivity contribution is -0.758. The highest BCUT2D eigenvalue weighted by Gasteiger charge is 2.33. The van der Waals surface area contributed by atoms with E-state index in [2.05, 4.69) is 59.5 Å².